The number of carboxylic acid groups (broad SMARTS) is 1. The molecule has 5 rings (SSSR count). The SMILES string of the molecule is O=C(Nc1cc(C(=O)NC2CC=C(C(=O)O)C2)[nH]n1)OCC1c2ccccc2-c2ccccc21. The molecule has 3 aromatic rings. The van der Waals surface area contributed by atoms with E-state index in [9.17, 15) is 14.4 Å². The topological polar surface area (TPSA) is 133 Å². The van der Waals surface area contributed by atoms with Crippen LogP contribution in [0.4, 0.5) is 10.6 Å². The van der Waals surface area contributed by atoms with Crippen LogP contribution < -0.4 is 10.6 Å². The summed E-state index contributed by atoms with van der Waals surface area (Å²) in [6, 6.07) is 17.2. The highest BCUT2D eigenvalue weighted by molar-refractivity contribution is 5.95. The third-order valence-corrected chi connectivity index (χ3v) is 6.12. The number of nitrogens with one attached hydrogen (secondary N) is 3. The first-order valence-corrected chi connectivity index (χ1v) is 10.9. The molecule has 9 heteroatoms. The van der Waals surface area contributed by atoms with Crippen LogP contribution in [-0.4, -0.2) is 45.9 Å². The fourth-order valence-electron chi connectivity index (χ4n) is 4.51. The number of aliphatic carboxylic acids is 1. The molecule has 0 saturated carbocycles. The van der Waals surface area contributed by atoms with E-state index in [1.807, 2.05) is 36.4 Å². The molecule has 1 atom stereocenters. The number of carboxylic acids is 1. The first-order valence-electron chi connectivity index (χ1n) is 10.9. The normalized spacial score (nSPS) is 16.4. The molecule has 2 aliphatic rings. The number of hydrogen-bond donors (Lipinski definition) is 4. The molecule has 0 bridgehead atoms. The van der Waals surface area contributed by atoms with Crippen molar-refractivity contribution in [3.05, 3.63) is 83.1 Å². The molecule has 4 N–H and O–H groups in total. The number of aromatic nitrogens is 2. The van der Waals surface area contributed by atoms with Gasteiger partial charge in [-0.1, -0.05) is 54.6 Å². The predicted molar refractivity (Wildman–Crippen MR) is 123 cm³/mol. The van der Waals surface area contributed by atoms with Crippen LogP contribution in [0.2, 0.25) is 0 Å². The fourth-order valence-corrected chi connectivity index (χ4v) is 4.51. The Labute approximate surface area is 194 Å². The predicted octanol–water partition coefficient (Wildman–Crippen LogP) is 3.67. The Hall–Kier alpha value is -4.40. The number of hydrogen-bond acceptors (Lipinski definition) is 5. The number of aromatic amines is 1. The number of ether oxygens (including phenoxy) is 1. The van der Waals surface area contributed by atoms with Gasteiger partial charge in [-0.15, -0.1) is 0 Å². The molecule has 0 saturated heterocycles. The fraction of sp³-hybridized carbons (Fsp3) is 0.200. The van der Waals surface area contributed by atoms with E-state index in [4.69, 9.17) is 9.84 Å². The Balaban J connectivity index is 1.17. The molecule has 172 valence electrons. The third kappa shape index (κ3) is 4.15. The Morgan fingerprint density at radius 1 is 1.06 bits per heavy atom. The zero-order valence-electron chi connectivity index (χ0n) is 18.1. The summed E-state index contributed by atoms with van der Waals surface area (Å²) >= 11 is 0. The average molecular weight is 458 g/mol. The number of carbonyl (C=O) groups excluding carboxylic acids is 2. The summed E-state index contributed by atoms with van der Waals surface area (Å²) in [5.41, 5.74) is 4.95. The molecule has 0 fully saturated rings. The van der Waals surface area contributed by atoms with Crippen molar-refractivity contribution in [2.24, 2.45) is 0 Å². The van der Waals surface area contributed by atoms with Crippen LogP contribution in [0.25, 0.3) is 11.1 Å². The van der Waals surface area contributed by atoms with Crippen LogP contribution in [0.1, 0.15) is 40.4 Å². The number of H-pyrrole nitrogens is 1. The van der Waals surface area contributed by atoms with Gasteiger partial charge in [0.15, 0.2) is 5.82 Å². The van der Waals surface area contributed by atoms with Crippen LogP contribution >= 0.6 is 0 Å². The standard InChI is InChI=1S/C25H22N4O5/c30-23(26-15-10-9-14(11-15)24(31)32)21-12-22(29-28-21)27-25(33)34-13-20-18-7-3-1-5-16(18)17-6-2-4-8-19(17)20/h1-9,12,15,20H,10-11,13H2,(H,26,30)(H,31,32)(H2,27,28,29,33). The molecule has 2 amide bonds. The van der Waals surface area contributed by atoms with Gasteiger partial charge in [-0.05, 0) is 35.1 Å². The van der Waals surface area contributed by atoms with Crippen LogP contribution in [0.3, 0.4) is 0 Å². The molecular formula is C25H22N4O5. The van der Waals surface area contributed by atoms with Crippen molar-refractivity contribution in [3.63, 3.8) is 0 Å². The molecule has 9 nitrogen and oxygen atoms in total. The highest BCUT2D eigenvalue weighted by Gasteiger charge is 2.29. The molecule has 34 heavy (non-hydrogen) atoms. The number of carbonyl (C=O) groups is 3. The number of anilines is 1. The molecule has 2 aromatic carbocycles. The monoisotopic (exact) mass is 458 g/mol. The second-order valence-electron chi connectivity index (χ2n) is 8.26. The van der Waals surface area contributed by atoms with Crippen LogP contribution in [0.15, 0.2) is 66.2 Å². The molecule has 1 aromatic heterocycles. The van der Waals surface area contributed by atoms with Crippen molar-refractivity contribution in [2.45, 2.75) is 24.8 Å². The maximum atomic E-state index is 12.4. The second kappa shape index (κ2) is 8.86. The smallest absolute Gasteiger partial charge is 0.412 e. The average Bonchev–Trinajstić information content (AvgIpc) is 3.56. The van der Waals surface area contributed by atoms with Gasteiger partial charge in [0.2, 0.25) is 0 Å². The van der Waals surface area contributed by atoms with E-state index < -0.39 is 18.0 Å². The van der Waals surface area contributed by atoms with Crippen molar-refractivity contribution in [2.75, 3.05) is 11.9 Å². The van der Waals surface area contributed by atoms with Gasteiger partial charge in [0.1, 0.15) is 12.3 Å². The summed E-state index contributed by atoms with van der Waals surface area (Å²) in [5, 5.41) is 20.8. The second-order valence-corrected chi connectivity index (χ2v) is 8.26. The van der Waals surface area contributed by atoms with Gasteiger partial charge < -0.3 is 15.2 Å². The molecule has 0 radical (unpaired) electrons. The lowest BCUT2D eigenvalue weighted by atomic mass is 9.98. The highest BCUT2D eigenvalue weighted by atomic mass is 16.5. The third-order valence-electron chi connectivity index (χ3n) is 6.12. The first kappa shape index (κ1) is 21.4. The van der Waals surface area contributed by atoms with Gasteiger partial charge in [-0.2, -0.15) is 5.10 Å². The first-order chi connectivity index (χ1) is 16.5. The van der Waals surface area contributed by atoms with Crippen molar-refractivity contribution < 1.29 is 24.2 Å². The van der Waals surface area contributed by atoms with Gasteiger partial charge in [-0.25, -0.2) is 9.59 Å². The highest BCUT2D eigenvalue weighted by Crippen LogP contribution is 2.44. The van der Waals surface area contributed by atoms with E-state index in [0.29, 0.717) is 6.42 Å². The van der Waals surface area contributed by atoms with E-state index in [1.54, 1.807) is 6.08 Å². The summed E-state index contributed by atoms with van der Waals surface area (Å²) in [5.74, 6) is -1.32. The van der Waals surface area contributed by atoms with Crippen molar-refractivity contribution in [3.8, 4) is 11.1 Å². The Kier molecular flexibility index (Phi) is 5.59. The maximum Gasteiger partial charge on any atom is 0.412 e. The Morgan fingerprint density at radius 2 is 1.74 bits per heavy atom. The minimum absolute atomic E-state index is 0.0608. The quantitative estimate of drug-likeness (QED) is 0.445. The summed E-state index contributed by atoms with van der Waals surface area (Å²) in [7, 11) is 0. The lowest BCUT2D eigenvalue weighted by molar-refractivity contribution is -0.132. The zero-order valence-corrected chi connectivity index (χ0v) is 18.1. The minimum atomic E-state index is -0.979. The van der Waals surface area contributed by atoms with Crippen molar-refractivity contribution in [1.82, 2.24) is 15.5 Å². The number of amides is 2. The Bertz CT molecular complexity index is 1270. The number of rotatable bonds is 6. The number of nitrogens with zero attached hydrogens (tertiary/aromatic N) is 1. The molecule has 0 aliphatic heterocycles. The van der Waals surface area contributed by atoms with Crippen molar-refractivity contribution in [1.29, 1.82) is 0 Å². The van der Waals surface area contributed by atoms with Gasteiger partial charge in [0, 0.05) is 23.6 Å². The minimum Gasteiger partial charge on any atom is -0.478 e. The molecule has 0 spiro atoms. The number of fused-ring (bicyclic) bond motifs is 3. The van der Waals surface area contributed by atoms with E-state index >= 15 is 0 Å². The van der Waals surface area contributed by atoms with Crippen LogP contribution in [0.5, 0.6) is 0 Å². The maximum absolute atomic E-state index is 12.4. The van der Waals surface area contributed by atoms with Crippen molar-refractivity contribution >= 4 is 23.8 Å². The summed E-state index contributed by atoms with van der Waals surface area (Å²) in [4.78, 5) is 35.8. The van der Waals surface area contributed by atoms with Gasteiger partial charge in [0.05, 0.1) is 0 Å². The molecule has 2 aliphatic carbocycles. The number of benzene rings is 2. The van der Waals surface area contributed by atoms with E-state index in [1.165, 1.54) is 6.07 Å². The van der Waals surface area contributed by atoms with Crippen LogP contribution in [0, 0.1) is 0 Å². The summed E-state index contributed by atoms with van der Waals surface area (Å²) in [6.07, 6.45) is 1.64. The van der Waals surface area contributed by atoms with Gasteiger partial charge in [-0.3, -0.25) is 15.2 Å². The lowest BCUT2D eigenvalue weighted by Gasteiger charge is -2.14. The molecular weight excluding hydrogens is 436 g/mol. The molecule has 1 heterocycles. The summed E-state index contributed by atoms with van der Waals surface area (Å²) in [6.45, 7) is 0.165. The van der Waals surface area contributed by atoms with Crippen LogP contribution in [-0.2, 0) is 9.53 Å². The van der Waals surface area contributed by atoms with E-state index in [-0.39, 0.29) is 42.1 Å². The van der Waals surface area contributed by atoms with Gasteiger partial charge >= 0.3 is 12.1 Å². The van der Waals surface area contributed by atoms with Gasteiger partial charge in [0.25, 0.3) is 5.91 Å². The largest absolute Gasteiger partial charge is 0.478 e. The Morgan fingerprint density at radius 3 is 2.38 bits per heavy atom. The van der Waals surface area contributed by atoms with E-state index in [2.05, 4.69) is 33.0 Å². The molecule has 1 unspecified atom stereocenters. The van der Waals surface area contributed by atoms with E-state index in [0.717, 1.165) is 22.3 Å². The lowest BCUT2D eigenvalue weighted by Crippen LogP contribution is -2.33. The zero-order chi connectivity index (χ0) is 23.7. The summed E-state index contributed by atoms with van der Waals surface area (Å²) < 4.78 is 5.49.